The number of halogens is 5. The van der Waals surface area contributed by atoms with Crippen molar-refractivity contribution in [2.24, 2.45) is 5.73 Å². The number of nitrogens with two attached hydrogens (primary N) is 3. The lowest BCUT2D eigenvalue weighted by Gasteiger charge is -2.27. The molecule has 376 valence electrons. The van der Waals surface area contributed by atoms with E-state index in [2.05, 4.69) is 66.0 Å². The Labute approximate surface area is 436 Å². The van der Waals surface area contributed by atoms with Gasteiger partial charge >= 0.3 is 11.4 Å². The van der Waals surface area contributed by atoms with E-state index in [0.29, 0.717) is 45.5 Å². The Morgan fingerprint density at radius 3 is 1.44 bits per heavy atom. The van der Waals surface area contributed by atoms with Crippen LogP contribution in [0.3, 0.4) is 0 Å². The first-order valence-electron chi connectivity index (χ1n) is 22.3. The van der Waals surface area contributed by atoms with Crippen LogP contribution in [0.2, 0.25) is 25.2 Å². The normalized spacial score (nSPS) is 13.8. The number of pyridine rings is 2. The predicted molar refractivity (Wildman–Crippen MR) is 286 cm³/mol. The SMILES string of the molecule is NCCNc1ccc(CN2CCOCC2)c(-c2ccc(Cl)cc2Cl)c1.Nc1nc(Cl)ccc1[N+](=O)[O-].Nc1nc(NCCNc2ccc(CN3CCOCC3)c(-c3ccc(Cl)cc3Cl)c2)ccc1[N+](=O)[O-]. The molecule has 2 aliphatic heterocycles. The molecule has 23 heteroatoms. The zero-order valence-corrected chi connectivity index (χ0v) is 42.2. The van der Waals surface area contributed by atoms with Gasteiger partial charge in [0.25, 0.3) is 0 Å². The maximum absolute atomic E-state index is 10.9. The van der Waals surface area contributed by atoms with Gasteiger partial charge in [0.05, 0.1) is 36.3 Å². The number of rotatable bonds is 16. The predicted octanol–water partition coefficient (Wildman–Crippen LogP) is 9.99. The molecule has 18 nitrogen and oxygen atoms in total. The molecule has 0 aliphatic carbocycles. The largest absolute Gasteiger partial charge is 0.384 e. The average molecular weight is 1070 g/mol. The van der Waals surface area contributed by atoms with Crippen LogP contribution in [0.1, 0.15) is 11.1 Å². The number of aromatic nitrogens is 2. The molecule has 6 aromatic rings. The van der Waals surface area contributed by atoms with Gasteiger partial charge in [-0.15, -0.1) is 0 Å². The van der Waals surface area contributed by atoms with Crippen molar-refractivity contribution in [3.8, 4) is 22.3 Å². The number of benzene rings is 4. The molecule has 4 aromatic carbocycles. The Bertz CT molecular complexity index is 2770. The highest BCUT2D eigenvalue weighted by Gasteiger charge is 2.19. The van der Waals surface area contributed by atoms with Crippen LogP contribution in [0.15, 0.2) is 97.1 Å². The zero-order chi connectivity index (χ0) is 50.9. The highest BCUT2D eigenvalue weighted by molar-refractivity contribution is 6.37. The topological polar surface area (TPSA) is 251 Å². The minimum atomic E-state index is -0.612. The Morgan fingerprint density at radius 2 is 1.00 bits per heavy atom. The lowest BCUT2D eigenvalue weighted by Crippen LogP contribution is -2.35. The van der Waals surface area contributed by atoms with Gasteiger partial charge < -0.3 is 42.6 Å². The maximum atomic E-state index is 10.9. The van der Waals surface area contributed by atoms with Crippen LogP contribution in [-0.4, -0.2) is 108 Å². The van der Waals surface area contributed by atoms with Gasteiger partial charge in [0.2, 0.25) is 11.6 Å². The van der Waals surface area contributed by atoms with E-state index in [1.165, 1.54) is 35.4 Å². The van der Waals surface area contributed by atoms with Crippen LogP contribution < -0.4 is 33.2 Å². The van der Waals surface area contributed by atoms with Crippen molar-refractivity contribution in [2.45, 2.75) is 13.1 Å². The molecule has 0 saturated carbocycles. The van der Waals surface area contributed by atoms with Crippen molar-refractivity contribution in [1.82, 2.24) is 19.8 Å². The average Bonchev–Trinajstić information content (AvgIpc) is 3.34. The van der Waals surface area contributed by atoms with Crippen LogP contribution in [-0.2, 0) is 22.6 Å². The Morgan fingerprint density at radius 1 is 0.549 bits per heavy atom. The molecule has 8 rings (SSSR count). The fourth-order valence-electron chi connectivity index (χ4n) is 7.50. The fraction of sp³-hybridized carbons (Fsp3) is 0.292. The van der Waals surface area contributed by atoms with Crippen LogP contribution in [0.5, 0.6) is 0 Å². The van der Waals surface area contributed by atoms with Gasteiger partial charge in [-0.2, -0.15) is 0 Å². The second kappa shape index (κ2) is 27.2. The second-order valence-electron chi connectivity index (χ2n) is 16.0. The van der Waals surface area contributed by atoms with Crippen molar-refractivity contribution >= 4 is 98.2 Å². The first-order valence-corrected chi connectivity index (χ1v) is 24.2. The first-order chi connectivity index (χ1) is 34.2. The number of nitrogens with one attached hydrogen (secondary N) is 3. The molecule has 71 heavy (non-hydrogen) atoms. The van der Waals surface area contributed by atoms with E-state index in [1.807, 2.05) is 30.3 Å². The van der Waals surface area contributed by atoms with Crippen LogP contribution in [0.4, 0.5) is 40.2 Å². The van der Waals surface area contributed by atoms with Crippen LogP contribution in [0.25, 0.3) is 22.3 Å². The molecule has 2 aromatic heterocycles. The minimum Gasteiger partial charge on any atom is -0.384 e. The van der Waals surface area contributed by atoms with E-state index < -0.39 is 9.85 Å². The molecule has 2 aliphatic rings. The Balaban J connectivity index is 0.000000198. The molecule has 0 atom stereocenters. The number of nitrogen functional groups attached to an aromatic ring is 2. The van der Waals surface area contributed by atoms with Gasteiger partial charge in [-0.3, -0.25) is 30.0 Å². The molecular weight excluding hydrogens is 1020 g/mol. The lowest BCUT2D eigenvalue weighted by molar-refractivity contribution is -0.384. The number of anilines is 5. The number of hydrogen-bond donors (Lipinski definition) is 6. The zero-order valence-electron chi connectivity index (χ0n) is 38.4. The van der Waals surface area contributed by atoms with E-state index in [1.54, 1.807) is 12.1 Å². The summed E-state index contributed by atoms with van der Waals surface area (Å²) < 4.78 is 10.9. The molecule has 0 bridgehead atoms. The third-order valence-corrected chi connectivity index (χ3v) is 12.4. The summed E-state index contributed by atoms with van der Waals surface area (Å²) in [4.78, 5) is 32.2. The number of nitro groups is 2. The molecule has 0 amide bonds. The summed E-state index contributed by atoms with van der Waals surface area (Å²) in [5, 5.41) is 33.6. The highest BCUT2D eigenvalue weighted by atomic mass is 35.5. The number of morpholine rings is 2. The number of nitrogens with zero attached hydrogens (tertiary/aromatic N) is 6. The van der Waals surface area contributed by atoms with Gasteiger partial charge in [-0.25, -0.2) is 9.97 Å². The molecular formula is C48H53Cl5N12O6. The smallest absolute Gasteiger partial charge is 0.311 e. The van der Waals surface area contributed by atoms with Crippen molar-refractivity contribution in [1.29, 1.82) is 0 Å². The fourth-order valence-corrected chi connectivity index (χ4v) is 8.67. The summed E-state index contributed by atoms with van der Waals surface area (Å²) in [5.74, 6) is 0.195. The van der Waals surface area contributed by atoms with E-state index in [9.17, 15) is 20.2 Å². The standard InChI is InChI=1S/C24H26Cl2N6O3.C19H23Cl2N3O.C5H4ClN3O2/c25-17-2-4-19(21(26)13-17)20-14-18(3-1-16(20)15-31-9-11-35-12-10-31)28-7-8-29-23-6-5-22(32(33)34)24(27)30-23;20-15-2-4-17(19(21)11-15)18-12-16(23-6-5-22)3-1-14(18)13-24-7-9-25-10-8-24;6-4-2-1-3(9(10)11)5(7)8-4/h1-6,13-14,28H,7-12,15H2,(H3,27,29,30);1-4,11-12,23H,5-10,13,22H2;1-2H,(H2,7,8). The van der Waals surface area contributed by atoms with Gasteiger partial charge in [-0.1, -0.05) is 82.3 Å². The van der Waals surface area contributed by atoms with Gasteiger partial charge in [0.15, 0.2) is 0 Å². The molecule has 4 heterocycles. The monoisotopic (exact) mass is 1070 g/mol. The molecule has 2 saturated heterocycles. The Hall–Kier alpha value is -5.77. The van der Waals surface area contributed by atoms with Crippen molar-refractivity contribution in [2.75, 3.05) is 106 Å². The molecule has 0 radical (unpaired) electrons. The van der Waals surface area contributed by atoms with Gasteiger partial charge in [0, 0.05) is 120 Å². The van der Waals surface area contributed by atoms with Crippen LogP contribution >= 0.6 is 58.0 Å². The summed E-state index contributed by atoms with van der Waals surface area (Å²) in [7, 11) is 0. The first kappa shape index (κ1) is 54.6. The summed E-state index contributed by atoms with van der Waals surface area (Å²) in [6.45, 7) is 10.8. The summed E-state index contributed by atoms with van der Waals surface area (Å²) in [6, 6.07) is 29.2. The van der Waals surface area contributed by atoms with E-state index >= 15 is 0 Å². The van der Waals surface area contributed by atoms with E-state index in [0.717, 1.165) is 106 Å². The third-order valence-electron chi connectivity index (χ3n) is 11.1. The van der Waals surface area contributed by atoms with E-state index in [-0.39, 0.29) is 28.2 Å². The van der Waals surface area contributed by atoms with E-state index in [4.69, 9.17) is 84.7 Å². The minimum absolute atomic E-state index is 0.117. The molecule has 2 fully saturated rings. The summed E-state index contributed by atoms with van der Waals surface area (Å²) >= 11 is 30.6. The van der Waals surface area contributed by atoms with Crippen LogP contribution in [0, 0.1) is 20.2 Å². The highest BCUT2D eigenvalue weighted by Crippen LogP contribution is 2.37. The quantitative estimate of drug-likeness (QED) is 0.0228. The maximum Gasteiger partial charge on any atom is 0.311 e. The van der Waals surface area contributed by atoms with Crippen molar-refractivity contribution in [3.05, 3.63) is 154 Å². The van der Waals surface area contributed by atoms with Crippen molar-refractivity contribution in [3.63, 3.8) is 0 Å². The summed E-state index contributed by atoms with van der Waals surface area (Å²) in [5.41, 5.74) is 24.5. The van der Waals surface area contributed by atoms with Gasteiger partial charge in [-0.05, 0) is 82.9 Å². The lowest BCUT2D eigenvalue weighted by atomic mass is 9.98. The number of hydrogen-bond acceptors (Lipinski definition) is 16. The second-order valence-corrected chi connectivity index (χ2v) is 18.1. The Kier molecular flexibility index (Phi) is 20.9. The molecule has 0 unspecified atom stereocenters. The molecule has 9 N–H and O–H groups in total. The third kappa shape index (κ3) is 16.4. The van der Waals surface area contributed by atoms with Crippen molar-refractivity contribution < 1.29 is 19.3 Å². The van der Waals surface area contributed by atoms with Gasteiger partial charge in [0.1, 0.15) is 11.0 Å². The number of ether oxygens (including phenoxy) is 2. The molecule has 0 spiro atoms. The summed E-state index contributed by atoms with van der Waals surface area (Å²) in [6.07, 6.45) is 0.